The van der Waals surface area contributed by atoms with Crippen molar-refractivity contribution in [1.82, 2.24) is 10.2 Å². The molecule has 0 fully saturated rings. The Balaban J connectivity index is 2.22. The van der Waals surface area contributed by atoms with Gasteiger partial charge < -0.3 is 49.8 Å². The molecule has 1 aliphatic rings. The Bertz CT molecular complexity index is 640. The molecule has 35 heavy (non-hydrogen) atoms. The molecule has 0 aromatic heterocycles. The Morgan fingerprint density at radius 1 is 0.800 bits per heavy atom. The van der Waals surface area contributed by atoms with Crippen LogP contribution in [0, 0.1) is 0 Å². The number of unbranched alkanes of at least 4 members (excludes halogenated alkanes) is 2. The number of nitrogens with zero attached hydrogens (tertiary/aromatic N) is 1. The third-order valence-corrected chi connectivity index (χ3v) is 4.79. The Morgan fingerprint density at radius 3 is 1.94 bits per heavy atom. The van der Waals surface area contributed by atoms with E-state index in [4.69, 9.17) is 29.2 Å². The number of hydrogen-bond acceptors (Lipinski definition) is 12. The van der Waals surface area contributed by atoms with Gasteiger partial charge in [-0.05, 0) is 12.8 Å². The molecule has 0 aromatic carbocycles. The Kier molecular flexibility index (Phi) is 16.2. The van der Waals surface area contributed by atoms with E-state index in [0.29, 0.717) is 25.8 Å². The molecule has 3 amide bonds. The number of hydrogen-bond donors (Lipinski definition) is 6. The number of imide groups is 1. The van der Waals surface area contributed by atoms with E-state index in [1.807, 2.05) is 0 Å². The summed E-state index contributed by atoms with van der Waals surface area (Å²) in [6, 6.07) is 0. The Hall–Kier alpha value is -2.01. The quantitative estimate of drug-likeness (QED) is 0.0520. The van der Waals surface area contributed by atoms with E-state index in [2.05, 4.69) is 5.32 Å². The van der Waals surface area contributed by atoms with Crippen LogP contribution in [0.2, 0.25) is 0 Å². The second-order valence-electron chi connectivity index (χ2n) is 7.50. The van der Waals surface area contributed by atoms with Gasteiger partial charge in [0.2, 0.25) is 5.91 Å². The average molecular weight is 509 g/mol. The summed E-state index contributed by atoms with van der Waals surface area (Å²) in [6.45, 7) is -2.86. The zero-order valence-corrected chi connectivity index (χ0v) is 19.5. The maximum absolute atomic E-state index is 11.9. The summed E-state index contributed by atoms with van der Waals surface area (Å²) in [7, 11) is 0. The van der Waals surface area contributed by atoms with Gasteiger partial charge in [-0.3, -0.25) is 19.3 Å². The largest absolute Gasteiger partial charge is 0.394 e. The van der Waals surface area contributed by atoms with Crippen LogP contribution in [0.25, 0.3) is 0 Å². The highest BCUT2D eigenvalue weighted by molar-refractivity contribution is 6.12. The van der Waals surface area contributed by atoms with Crippen LogP contribution in [0.15, 0.2) is 12.2 Å². The van der Waals surface area contributed by atoms with Crippen molar-refractivity contribution >= 4 is 17.7 Å². The van der Waals surface area contributed by atoms with E-state index in [1.54, 1.807) is 0 Å². The van der Waals surface area contributed by atoms with Gasteiger partial charge in [-0.25, -0.2) is 0 Å². The van der Waals surface area contributed by atoms with Crippen LogP contribution in [0.3, 0.4) is 0 Å². The van der Waals surface area contributed by atoms with Crippen molar-refractivity contribution < 1.29 is 58.9 Å². The first-order valence-electron chi connectivity index (χ1n) is 11.3. The molecule has 1 aliphatic heterocycles. The first kappa shape index (κ1) is 31.0. The maximum Gasteiger partial charge on any atom is 0.253 e. The van der Waals surface area contributed by atoms with Crippen LogP contribution in [-0.4, -0.2) is 126 Å². The number of aliphatic hydroxyl groups excluding tert-OH is 5. The van der Waals surface area contributed by atoms with E-state index in [1.165, 1.54) is 12.2 Å². The first-order valence-corrected chi connectivity index (χ1v) is 11.3. The number of carbonyl (C=O) groups is 3. The second-order valence-corrected chi connectivity index (χ2v) is 7.50. The van der Waals surface area contributed by atoms with Gasteiger partial charge in [-0.1, -0.05) is 6.42 Å². The fraction of sp³-hybridized carbons (Fsp3) is 0.762. The van der Waals surface area contributed by atoms with Gasteiger partial charge >= 0.3 is 0 Å². The molecule has 202 valence electrons. The highest BCUT2D eigenvalue weighted by Gasteiger charge is 2.23. The van der Waals surface area contributed by atoms with Crippen molar-refractivity contribution in [2.45, 2.75) is 50.5 Å². The molecule has 0 saturated carbocycles. The predicted molar refractivity (Wildman–Crippen MR) is 117 cm³/mol. The standard InChI is InChI=1S/C21H36N2O12/c24-8-15(9-25)34-20(11-27)32-13-16(10-26)35-21(12-28)33-14-22-17(29)4-2-1-3-7-23-18(30)5-6-19(23)31/h5-6,15-16,20-21,24-28H,1-4,7-14H2,(H,22,29). The van der Waals surface area contributed by atoms with Gasteiger partial charge in [0.15, 0.2) is 12.6 Å². The molecular weight excluding hydrogens is 472 g/mol. The molecule has 14 nitrogen and oxygen atoms in total. The normalized spacial score (nSPS) is 16.2. The maximum atomic E-state index is 11.9. The number of rotatable bonds is 21. The average Bonchev–Trinajstić information content (AvgIpc) is 3.19. The molecule has 0 aliphatic carbocycles. The van der Waals surface area contributed by atoms with Gasteiger partial charge in [0.05, 0.1) is 39.6 Å². The van der Waals surface area contributed by atoms with E-state index >= 15 is 0 Å². The minimum Gasteiger partial charge on any atom is -0.394 e. The molecule has 6 N–H and O–H groups in total. The zero-order chi connectivity index (χ0) is 26.1. The van der Waals surface area contributed by atoms with E-state index < -0.39 is 57.8 Å². The van der Waals surface area contributed by atoms with Crippen LogP contribution in [-0.2, 0) is 33.3 Å². The third-order valence-electron chi connectivity index (χ3n) is 4.79. The van der Waals surface area contributed by atoms with Crippen LogP contribution >= 0.6 is 0 Å². The lowest BCUT2D eigenvalue weighted by Crippen LogP contribution is -2.39. The number of ether oxygens (including phenoxy) is 4. The molecule has 0 spiro atoms. The molecule has 1 heterocycles. The smallest absolute Gasteiger partial charge is 0.253 e. The highest BCUT2D eigenvalue weighted by Crippen LogP contribution is 2.08. The number of carbonyl (C=O) groups excluding carboxylic acids is 3. The SMILES string of the molecule is O=C(CCCCCN1C(=O)C=CC1=O)NCOC(CO)OC(CO)COC(CO)OC(CO)CO. The lowest BCUT2D eigenvalue weighted by Gasteiger charge is -2.25. The van der Waals surface area contributed by atoms with Crippen LogP contribution in [0.1, 0.15) is 25.7 Å². The van der Waals surface area contributed by atoms with Gasteiger partial charge in [0.1, 0.15) is 18.9 Å². The summed E-state index contributed by atoms with van der Waals surface area (Å²) in [6.07, 6.45) is 0.129. The van der Waals surface area contributed by atoms with Crippen LogP contribution in [0.4, 0.5) is 0 Å². The zero-order valence-electron chi connectivity index (χ0n) is 19.5. The van der Waals surface area contributed by atoms with Gasteiger partial charge in [0.25, 0.3) is 11.8 Å². The summed E-state index contributed by atoms with van der Waals surface area (Å²) in [4.78, 5) is 35.9. The Labute approximate surface area is 203 Å². The summed E-state index contributed by atoms with van der Waals surface area (Å²) in [5.41, 5.74) is 0. The van der Waals surface area contributed by atoms with Gasteiger partial charge in [-0.2, -0.15) is 0 Å². The summed E-state index contributed by atoms with van der Waals surface area (Å²) >= 11 is 0. The molecular formula is C21H36N2O12. The van der Waals surface area contributed by atoms with Crippen molar-refractivity contribution in [2.24, 2.45) is 0 Å². The van der Waals surface area contributed by atoms with Crippen molar-refractivity contribution in [1.29, 1.82) is 0 Å². The number of aliphatic hydroxyl groups is 5. The fourth-order valence-corrected chi connectivity index (χ4v) is 2.88. The summed E-state index contributed by atoms with van der Waals surface area (Å²) < 4.78 is 21.0. The monoisotopic (exact) mass is 508 g/mol. The van der Waals surface area contributed by atoms with Crippen molar-refractivity contribution in [2.75, 3.05) is 52.9 Å². The summed E-state index contributed by atoms with van der Waals surface area (Å²) in [5, 5.41) is 48.6. The van der Waals surface area contributed by atoms with Gasteiger partial charge in [-0.15, -0.1) is 0 Å². The fourth-order valence-electron chi connectivity index (χ4n) is 2.88. The highest BCUT2D eigenvalue weighted by atomic mass is 16.7. The van der Waals surface area contributed by atoms with Gasteiger partial charge in [0, 0.05) is 25.1 Å². The van der Waals surface area contributed by atoms with Crippen molar-refractivity contribution in [3.8, 4) is 0 Å². The number of nitrogens with one attached hydrogen (secondary N) is 1. The first-order chi connectivity index (χ1) is 16.9. The van der Waals surface area contributed by atoms with E-state index in [-0.39, 0.29) is 37.5 Å². The molecule has 3 unspecified atom stereocenters. The lowest BCUT2D eigenvalue weighted by molar-refractivity contribution is -0.241. The lowest BCUT2D eigenvalue weighted by atomic mass is 10.2. The molecule has 14 heteroatoms. The summed E-state index contributed by atoms with van der Waals surface area (Å²) in [5.74, 6) is -0.970. The topological polar surface area (TPSA) is 205 Å². The second kappa shape index (κ2) is 18.3. The van der Waals surface area contributed by atoms with Crippen LogP contribution in [0.5, 0.6) is 0 Å². The van der Waals surface area contributed by atoms with Crippen LogP contribution < -0.4 is 5.32 Å². The predicted octanol–water partition coefficient (Wildman–Crippen LogP) is -3.04. The number of amides is 3. The third kappa shape index (κ3) is 12.5. The minimum atomic E-state index is -1.18. The minimum absolute atomic E-state index is 0.201. The molecule has 3 atom stereocenters. The molecule has 0 radical (unpaired) electrons. The van der Waals surface area contributed by atoms with E-state index in [0.717, 1.165) is 4.90 Å². The van der Waals surface area contributed by atoms with Crippen molar-refractivity contribution in [3.05, 3.63) is 12.2 Å². The van der Waals surface area contributed by atoms with E-state index in [9.17, 15) is 29.7 Å². The molecule has 0 saturated heterocycles. The molecule has 1 rings (SSSR count). The van der Waals surface area contributed by atoms with Crippen molar-refractivity contribution in [3.63, 3.8) is 0 Å². The molecule has 0 bridgehead atoms. The Morgan fingerprint density at radius 2 is 1.37 bits per heavy atom. The molecule has 0 aromatic rings.